The lowest BCUT2D eigenvalue weighted by atomic mass is 10.2. The number of carboxylic acids is 1. The van der Waals surface area contributed by atoms with Crippen LogP contribution in [0.3, 0.4) is 0 Å². The Morgan fingerprint density at radius 2 is 1.89 bits per heavy atom. The molecule has 0 aliphatic heterocycles. The number of pyridine rings is 1. The smallest absolute Gasteiger partial charge is 0.339 e. The molecule has 2 heterocycles. The van der Waals surface area contributed by atoms with Crippen LogP contribution >= 0.6 is 15.9 Å². The molecule has 0 spiro atoms. The maximum Gasteiger partial charge on any atom is 0.339 e. The summed E-state index contributed by atoms with van der Waals surface area (Å²) in [4.78, 5) is 11.1. The topological polar surface area (TPSA) is 67.5 Å². The first-order chi connectivity index (χ1) is 9.16. The van der Waals surface area contributed by atoms with Crippen LogP contribution in [0.15, 0.2) is 47.1 Å². The van der Waals surface area contributed by atoms with Crippen molar-refractivity contribution in [1.82, 2.24) is 14.6 Å². The summed E-state index contributed by atoms with van der Waals surface area (Å²) in [5.41, 5.74) is 1.35. The van der Waals surface area contributed by atoms with Crippen molar-refractivity contribution in [2.45, 2.75) is 0 Å². The number of hydrogen-bond donors (Lipinski definition) is 1. The molecule has 0 unspecified atom stereocenters. The third kappa shape index (κ3) is 2.00. The summed E-state index contributed by atoms with van der Waals surface area (Å²) in [5.74, 6) is -0.397. The minimum atomic E-state index is -1.01. The van der Waals surface area contributed by atoms with Gasteiger partial charge in [0.1, 0.15) is 5.56 Å². The number of benzene rings is 1. The van der Waals surface area contributed by atoms with Gasteiger partial charge in [-0.1, -0.05) is 28.1 Å². The molecule has 0 amide bonds. The van der Waals surface area contributed by atoms with Gasteiger partial charge in [0.05, 0.1) is 0 Å². The van der Waals surface area contributed by atoms with Crippen molar-refractivity contribution in [3.8, 4) is 11.4 Å². The van der Waals surface area contributed by atoms with Crippen molar-refractivity contribution in [2.75, 3.05) is 0 Å². The number of aromatic carboxylic acids is 1. The summed E-state index contributed by atoms with van der Waals surface area (Å²) in [6.45, 7) is 0. The molecule has 1 aromatic carbocycles. The van der Waals surface area contributed by atoms with E-state index in [4.69, 9.17) is 5.11 Å². The maximum atomic E-state index is 11.1. The van der Waals surface area contributed by atoms with Gasteiger partial charge >= 0.3 is 5.97 Å². The molecule has 3 aromatic rings. The van der Waals surface area contributed by atoms with Gasteiger partial charge < -0.3 is 5.11 Å². The van der Waals surface area contributed by atoms with Crippen LogP contribution in [0.2, 0.25) is 0 Å². The fraction of sp³-hybridized carbons (Fsp3) is 0. The summed E-state index contributed by atoms with van der Waals surface area (Å²) in [6.07, 6.45) is 1.75. The number of nitrogens with zero attached hydrogens (tertiary/aromatic N) is 3. The van der Waals surface area contributed by atoms with E-state index in [0.717, 1.165) is 10.0 Å². The zero-order valence-electron chi connectivity index (χ0n) is 9.62. The first-order valence-electron chi connectivity index (χ1n) is 5.50. The van der Waals surface area contributed by atoms with E-state index in [9.17, 15) is 4.79 Å². The highest BCUT2D eigenvalue weighted by atomic mass is 79.9. The third-order valence-corrected chi connectivity index (χ3v) is 3.30. The standard InChI is InChI=1S/C13H8BrN3O2/c14-9-5-3-8(4-6-9)11-15-16-12-10(13(18)19)2-1-7-17(11)12/h1-7H,(H,18,19). The average molecular weight is 318 g/mol. The van der Waals surface area contributed by atoms with Gasteiger partial charge in [0, 0.05) is 16.2 Å². The lowest BCUT2D eigenvalue weighted by Gasteiger charge is -2.01. The molecule has 0 saturated heterocycles. The van der Waals surface area contributed by atoms with Crippen LogP contribution in [0.4, 0.5) is 0 Å². The molecule has 0 bridgehead atoms. The number of carboxylic acid groups (broad SMARTS) is 1. The zero-order valence-corrected chi connectivity index (χ0v) is 11.2. The van der Waals surface area contributed by atoms with Crippen LogP contribution in [0.25, 0.3) is 17.0 Å². The molecule has 0 aliphatic carbocycles. The Morgan fingerprint density at radius 1 is 1.16 bits per heavy atom. The molecular weight excluding hydrogens is 310 g/mol. The second kappa shape index (κ2) is 4.47. The fourth-order valence-electron chi connectivity index (χ4n) is 1.88. The van der Waals surface area contributed by atoms with Gasteiger partial charge in [-0.3, -0.25) is 4.40 Å². The number of rotatable bonds is 2. The highest BCUT2D eigenvalue weighted by Gasteiger charge is 2.14. The van der Waals surface area contributed by atoms with Gasteiger partial charge in [-0.2, -0.15) is 0 Å². The summed E-state index contributed by atoms with van der Waals surface area (Å²) >= 11 is 3.37. The maximum absolute atomic E-state index is 11.1. The number of aromatic nitrogens is 3. The van der Waals surface area contributed by atoms with E-state index in [1.54, 1.807) is 16.7 Å². The number of fused-ring (bicyclic) bond motifs is 1. The van der Waals surface area contributed by atoms with Crippen molar-refractivity contribution in [1.29, 1.82) is 0 Å². The summed E-state index contributed by atoms with van der Waals surface area (Å²) in [7, 11) is 0. The summed E-state index contributed by atoms with van der Waals surface area (Å²) in [5, 5.41) is 17.1. The van der Waals surface area contributed by atoms with Crippen LogP contribution in [0.1, 0.15) is 10.4 Å². The highest BCUT2D eigenvalue weighted by Crippen LogP contribution is 2.21. The van der Waals surface area contributed by atoms with E-state index in [1.165, 1.54) is 6.07 Å². The molecule has 5 nitrogen and oxygen atoms in total. The second-order valence-corrected chi connectivity index (χ2v) is 4.87. The fourth-order valence-corrected chi connectivity index (χ4v) is 2.14. The monoisotopic (exact) mass is 317 g/mol. The Morgan fingerprint density at radius 3 is 2.58 bits per heavy atom. The van der Waals surface area contributed by atoms with E-state index < -0.39 is 5.97 Å². The van der Waals surface area contributed by atoms with E-state index in [-0.39, 0.29) is 5.56 Å². The molecule has 1 N–H and O–H groups in total. The highest BCUT2D eigenvalue weighted by molar-refractivity contribution is 9.10. The lowest BCUT2D eigenvalue weighted by molar-refractivity contribution is 0.0698. The van der Waals surface area contributed by atoms with Crippen LogP contribution < -0.4 is 0 Å². The predicted molar refractivity (Wildman–Crippen MR) is 73.1 cm³/mol. The molecule has 0 radical (unpaired) electrons. The number of hydrogen-bond acceptors (Lipinski definition) is 3. The normalized spacial score (nSPS) is 10.8. The third-order valence-electron chi connectivity index (χ3n) is 2.77. The van der Waals surface area contributed by atoms with E-state index in [0.29, 0.717) is 11.5 Å². The average Bonchev–Trinajstić information content (AvgIpc) is 2.83. The van der Waals surface area contributed by atoms with Gasteiger partial charge in [0.25, 0.3) is 0 Å². The predicted octanol–water partition coefficient (Wildman–Crippen LogP) is 2.86. The quantitative estimate of drug-likeness (QED) is 0.789. The minimum Gasteiger partial charge on any atom is -0.478 e. The Kier molecular flexibility index (Phi) is 2.79. The first-order valence-corrected chi connectivity index (χ1v) is 6.29. The van der Waals surface area contributed by atoms with E-state index >= 15 is 0 Å². The molecular formula is C13H8BrN3O2. The van der Waals surface area contributed by atoms with Gasteiger partial charge in [-0.15, -0.1) is 10.2 Å². The van der Waals surface area contributed by atoms with Crippen LogP contribution in [0.5, 0.6) is 0 Å². The molecule has 2 aromatic heterocycles. The molecule has 0 saturated carbocycles. The Hall–Kier alpha value is -2.21. The molecule has 0 fully saturated rings. The van der Waals surface area contributed by atoms with Gasteiger partial charge in [-0.25, -0.2) is 4.79 Å². The summed E-state index contributed by atoms with van der Waals surface area (Å²) < 4.78 is 2.64. The molecule has 3 rings (SSSR count). The van der Waals surface area contributed by atoms with Crippen LogP contribution in [-0.4, -0.2) is 25.7 Å². The molecule has 19 heavy (non-hydrogen) atoms. The van der Waals surface area contributed by atoms with Crippen molar-refractivity contribution >= 4 is 27.5 Å². The lowest BCUT2D eigenvalue weighted by Crippen LogP contribution is -2.00. The van der Waals surface area contributed by atoms with Gasteiger partial charge in [0.15, 0.2) is 11.5 Å². The number of halogens is 1. The SMILES string of the molecule is O=C(O)c1cccn2c(-c3ccc(Br)cc3)nnc12. The van der Waals surface area contributed by atoms with Crippen molar-refractivity contribution in [3.63, 3.8) is 0 Å². The van der Waals surface area contributed by atoms with Crippen molar-refractivity contribution in [2.24, 2.45) is 0 Å². The molecule has 0 aliphatic rings. The minimum absolute atomic E-state index is 0.137. The molecule has 94 valence electrons. The number of carbonyl (C=O) groups is 1. The Labute approximate surface area is 116 Å². The summed E-state index contributed by atoms with van der Waals surface area (Å²) in [6, 6.07) is 10.8. The molecule has 6 heteroatoms. The second-order valence-electron chi connectivity index (χ2n) is 3.95. The Balaban J connectivity index is 2.24. The van der Waals surface area contributed by atoms with Gasteiger partial charge in [0.2, 0.25) is 0 Å². The van der Waals surface area contributed by atoms with E-state index in [1.807, 2.05) is 24.3 Å². The van der Waals surface area contributed by atoms with Crippen molar-refractivity contribution < 1.29 is 9.90 Å². The molecule has 0 atom stereocenters. The zero-order chi connectivity index (χ0) is 13.4. The van der Waals surface area contributed by atoms with Gasteiger partial charge in [-0.05, 0) is 24.3 Å². The van der Waals surface area contributed by atoms with Crippen LogP contribution in [-0.2, 0) is 0 Å². The van der Waals surface area contributed by atoms with E-state index in [2.05, 4.69) is 26.1 Å². The van der Waals surface area contributed by atoms with Crippen molar-refractivity contribution in [3.05, 3.63) is 52.6 Å². The Bertz CT molecular complexity index is 765. The largest absolute Gasteiger partial charge is 0.478 e. The first kappa shape index (κ1) is 11.9. The van der Waals surface area contributed by atoms with Crippen LogP contribution in [0, 0.1) is 0 Å².